The summed E-state index contributed by atoms with van der Waals surface area (Å²) in [4.78, 5) is 24.1. The molecule has 4 aromatic rings. The number of fused-ring (bicyclic) bond motifs is 3. The highest BCUT2D eigenvalue weighted by Crippen LogP contribution is 2.28. The zero-order valence-corrected chi connectivity index (χ0v) is 16.5. The fourth-order valence-corrected chi connectivity index (χ4v) is 3.42. The first-order chi connectivity index (χ1) is 14.0. The smallest absolute Gasteiger partial charge is 0.336 e. The monoisotopic (exact) mass is 424 g/mol. The molecule has 0 amide bonds. The Bertz CT molecular complexity index is 1320. The lowest BCUT2D eigenvalue weighted by Crippen LogP contribution is -2.06. The first-order valence-corrected chi connectivity index (χ1v) is 9.51. The number of hydrogen-bond acceptors (Lipinski definition) is 4. The fraction of sp³-hybridized carbons (Fsp3) is 0.0435. The van der Waals surface area contributed by atoms with Crippen LogP contribution in [0.4, 0.5) is 0 Å². The van der Waals surface area contributed by atoms with Crippen molar-refractivity contribution in [2.45, 2.75) is 6.61 Å². The van der Waals surface area contributed by atoms with Gasteiger partial charge in [-0.15, -0.1) is 0 Å². The molecule has 0 bridgehead atoms. The molecular weight excluding hydrogens is 411 g/mol. The molecule has 0 aliphatic rings. The van der Waals surface area contributed by atoms with E-state index in [0.29, 0.717) is 26.8 Å². The van der Waals surface area contributed by atoms with Crippen LogP contribution in [0.3, 0.4) is 0 Å². The molecule has 0 saturated heterocycles. The molecule has 144 valence electrons. The van der Waals surface area contributed by atoms with Crippen molar-refractivity contribution in [3.05, 3.63) is 98.3 Å². The summed E-state index contributed by atoms with van der Waals surface area (Å²) in [5.74, 6) is -0.544. The maximum absolute atomic E-state index is 12.2. The van der Waals surface area contributed by atoms with Crippen molar-refractivity contribution in [2.24, 2.45) is 0 Å². The number of benzene rings is 3. The number of halogens is 2. The minimum atomic E-state index is -0.544. The third kappa shape index (κ3) is 4.19. The summed E-state index contributed by atoms with van der Waals surface area (Å²) in [6.07, 6.45) is 2.88. The van der Waals surface area contributed by atoms with Gasteiger partial charge in [-0.25, -0.2) is 9.59 Å². The highest BCUT2D eigenvalue weighted by Gasteiger charge is 2.11. The van der Waals surface area contributed by atoms with Gasteiger partial charge in [-0.05, 0) is 40.6 Å². The molecule has 0 aliphatic heterocycles. The van der Waals surface area contributed by atoms with Crippen LogP contribution in [0.1, 0.15) is 11.1 Å². The van der Waals surface area contributed by atoms with Gasteiger partial charge >= 0.3 is 11.6 Å². The maximum atomic E-state index is 12.2. The molecule has 0 radical (unpaired) electrons. The Balaban J connectivity index is 1.60. The van der Waals surface area contributed by atoms with E-state index in [-0.39, 0.29) is 6.61 Å². The van der Waals surface area contributed by atoms with Gasteiger partial charge in [0.05, 0.1) is 10.0 Å². The van der Waals surface area contributed by atoms with E-state index >= 15 is 0 Å². The average molecular weight is 425 g/mol. The van der Waals surface area contributed by atoms with Crippen molar-refractivity contribution in [1.29, 1.82) is 0 Å². The quantitative estimate of drug-likeness (QED) is 0.174. The van der Waals surface area contributed by atoms with E-state index in [9.17, 15) is 9.59 Å². The molecule has 0 unspecified atom stereocenters. The number of carbonyl (C=O) groups excluding carboxylic acids is 1. The van der Waals surface area contributed by atoms with Crippen LogP contribution < -0.4 is 5.63 Å². The zero-order valence-electron chi connectivity index (χ0n) is 15.0. The summed E-state index contributed by atoms with van der Waals surface area (Å²) in [7, 11) is 0. The van der Waals surface area contributed by atoms with Crippen LogP contribution in [0.5, 0.6) is 0 Å². The van der Waals surface area contributed by atoms with Gasteiger partial charge in [0.15, 0.2) is 0 Å². The van der Waals surface area contributed by atoms with Crippen LogP contribution in [-0.2, 0) is 16.1 Å². The predicted octanol–water partition coefficient (Wildman–Crippen LogP) is 6.01. The number of hydrogen-bond donors (Lipinski definition) is 0. The molecule has 3 aromatic carbocycles. The molecule has 0 spiro atoms. The molecule has 0 aliphatic carbocycles. The molecule has 4 nitrogen and oxygen atoms in total. The van der Waals surface area contributed by atoms with Crippen molar-refractivity contribution in [3.63, 3.8) is 0 Å². The Morgan fingerprint density at radius 3 is 2.66 bits per heavy atom. The molecule has 1 aromatic heterocycles. The second-order valence-corrected chi connectivity index (χ2v) is 7.18. The van der Waals surface area contributed by atoms with E-state index in [0.717, 1.165) is 16.2 Å². The number of ether oxygens (including phenoxy) is 1. The summed E-state index contributed by atoms with van der Waals surface area (Å²) >= 11 is 11.8. The summed E-state index contributed by atoms with van der Waals surface area (Å²) in [6, 6.07) is 17.8. The lowest BCUT2D eigenvalue weighted by Gasteiger charge is -2.08. The third-order valence-corrected chi connectivity index (χ3v) is 5.18. The maximum Gasteiger partial charge on any atom is 0.336 e. The average Bonchev–Trinajstić information content (AvgIpc) is 2.72. The van der Waals surface area contributed by atoms with Crippen LogP contribution in [0, 0.1) is 0 Å². The Labute approximate surface area is 175 Å². The lowest BCUT2D eigenvalue weighted by atomic mass is 10.0. The molecular formula is C23H14Cl2O4. The van der Waals surface area contributed by atoms with E-state index in [1.165, 1.54) is 12.1 Å². The van der Waals surface area contributed by atoms with Gasteiger partial charge in [0, 0.05) is 23.1 Å². The van der Waals surface area contributed by atoms with Crippen LogP contribution in [0.15, 0.2) is 76.0 Å². The highest BCUT2D eigenvalue weighted by molar-refractivity contribution is 6.42. The summed E-state index contributed by atoms with van der Waals surface area (Å²) in [6.45, 7) is -0.0549. The SMILES string of the molecule is O=C(C=Cc1ccc(Cl)c(Cl)c1)OCc1cc(=O)oc2ccc3ccccc3c12. The number of esters is 1. The zero-order chi connectivity index (χ0) is 20.4. The first kappa shape index (κ1) is 19.2. The van der Waals surface area contributed by atoms with Crippen molar-refractivity contribution in [1.82, 2.24) is 0 Å². The summed E-state index contributed by atoms with van der Waals surface area (Å²) in [5, 5.41) is 3.51. The van der Waals surface area contributed by atoms with Crippen LogP contribution >= 0.6 is 23.2 Å². The molecule has 6 heteroatoms. The molecule has 29 heavy (non-hydrogen) atoms. The largest absolute Gasteiger partial charge is 0.458 e. The fourth-order valence-electron chi connectivity index (χ4n) is 3.11. The Morgan fingerprint density at radius 1 is 1.00 bits per heavy atom. The van der Waals surface area contributed by atoms with Crippen LogP contribution in [0.25, 0.3) is 27.8 Å². The van der Waals surface area contributed by atoms with Gasteiger partial charge in [0.25, 0.3) is 0 Å². The van der Waals surface area contributed by atoms with Gasteiger partial charge in [-0.1, -0.05) is 59.6 Å². The van der Waals surface area contributed by atoms with Crippen molar-refractivity contribution < 1.29 is 13.9 Å². The Hall–Kier alpha value is -3.08. The van der Waals surface area contributed by atoms with Gasteiger partial charge in [0.1, 0.15) is 12.2 Å². The van der Waals surface area contributed by atoms with E-state index < -0.39 is 11.6 Å². The van der Waals surface area contributed by atoms with Gasteiger partial charge < -0.3 is 9.15 Å². The van der Waals surface area contributed by atoms with E-state index in [1.807, 2.05) is 30.3 Å². The highest BCUT2D eigenvalue weighted by atomic mass is 35.5. The summed E-state index contributed by atoms with van der Waals surface area (Å²) in [5.41, 5.74) is 1.26. The Morgan fingerprint density at radius 2 is 1.83 bits per heavy atom. The van der Waals surface area contributed by atoms with Crippen LogP contribution in [0.2, 0.25) is 10.0 Å². The molecule has 0 saturated carbocycles. The second kappa shape index (κ2) is 8.11. The van der Waals surface area contributed by atoms with Crippen molar-refractivity contribution in [3.8, 4) is 0 Å². The van der Waals surface area contributed by atoms with Crippen molar-refractivity contribution in [2.75, 3.05) is 0 Å². The first-order valence-electron chi connectivity index (χ1n) is 8.75. The Kier molecular flexibility index (Phi) is 5.38. The minimum absolute atomic E-state index is 0.0549. The number of rotatable bonds is 4. The lowest BCUT2D eigenvalue weighted by molar-refractivity contribution is -0.138. The molecule has 0 N–H and O–H groups in total. The second-order valence-electron chi connectivity index (χ2n) is 6.37. The van der Waals surface area contributed by atoms with E-state index in [4.69, 9.17) is 32.4 Å². The topological polar surface area (TPSA) is 56.5 Å². The normalized spacial score (nSPS) is 11.4. The van der Waals surface area contributed by atoms with E-state index in [2.05, 4.69) is 0 Å². The predicted molar refractivity (Wildman–Crippen MR) is 115 cm³/mol. The van der Waals surface area contributed by atoms with Crippen molar-refractivity contribution >= 4 is 57.0 Å². The molecule has 4 rings (SSSR count). The van der Waals surface area contributed by atoms with Crippen LogP contribution in [-0.4, -0.2) is 5.97 Å². The van der Waals surface area contributed by atoms with Gasteiger partial charge in [-0.2, -0.15) is 0 Å². The molecule has 0 atom stereocenters. The molecule has 0 fully saturated rings. The molecule has 1 heterocycles. The van der Waals surface area contributed by atoms with Gasteiger partial charge in [0.2, 0.25) is 0 Å². The van der Waals surface area contributed by atoms with E-state index in [1.54, 1.807) is 30.3 Å². The standard InChI is InChI=1S/C23H14Cl2O4/c24-18-8-5-14(11-19(18)25)6-10-21(26)28-13-16-12-22(27)29-20-9-7-15-3-1-2-4-17(15)23(16)20/h1-12H,13H2. The summed E-state index contributed by atoms with van der Waals surface area (Å²) < 4.78 is 10.7. The minimum Gasteiger partial charge on any atom is -0.458 e. The number of carbonyl (C=O) groups is 1. The van der Waals surface area contributed by atoms with Gasteiger partial charge in [-0.3, -0.25) is 0 Å². The third-order valence-electron chi connectivity index (χ3n) is 4.44.